The lowest BCUT2D eigenvalue weighted by Crippen LogP contribution is -2.18. The molecule has 0 unspecified atom stereocenters. The number of aromatic nitrogens is 18. The third kappa shape index (κ3) is 28.5. The van der Waals surface area contributed by atoms with Gasteiger partial charge < -0.3 is 83.7 Å². The zero-order chi connectivity index (χ0) is 181. The molecule has 36 nitrogen and oxygen atoms in total. The number of aryl methyl sites for hydroxylation is 9. The molecule has 0 amide bonds. The summed E-state index contributed by atoms with van der Waals surface area (Å²) in [6, 6.07) is 0. The summed E-state index contributed by atoms with van der Waals surface area (Å²) in [5.41, 5.74) is -4.58. The fourth-order valence-electron chi connectivity index (χ4n) is 12.5. The first kappa shape index (κ1) is 43.6. The Morgan fingerprint density at radius 2 is 0.465 bits per heavy atom. The summed E-state index contributed by atoms with van der Waals surface area (Å²) in [5, 5.41) is 0. The Morgan fingerprint density at radius 3 is 0.771 bits per heavy atom. The van der Waals surface area contributed by atoms with Gasteiger partial charge in [-0.15, -0.1) is 0 Å². The third-order valence-corrected chi connectivity index (χ3v) is 21.9. The van der Waals surface area contributed by atoms with E-state index in [4.69, 9.17) is 133 Å². The zero-order valence-corrected chi connectivity index (χ0v) is 79.8. The van der Waals surface area contributed by atoms with Crippen LogP contribution in [0, 0.1) is 169 Å². The normalized spacial score (nSPS) is 43.1. The van der Waals surface area contributed by atoms with Crippen LogP contribution in [0.1, 0.15) is 342 Å². The lowest BCUT2D eigenvalue weighted by Gasteiger charge is -2.13. The van der Waals surface area contributed by atoms with Gasteiger partial charge in [0.05, 0.1) is 133 Å². The maximum atomic E-state index is 12.3. The second-order valence-electron chi connectivity index (χ2n) is 30.9. The number of imidazole rings is 9. The Kier molecular flexibility index (Phi) is 16.2. The van der Waals surface area contributed by atoms with Crippen molar-refractivity contribution in [3.05, 3.63) is 159 Å². The Labute approximate surface area is 972 Å². The van der Waals surface area contributed by atoms with Gasteiger partial charge in [-0.3, -0.25) is 43.2 Å². The molecule has 0 N–H and O–H groups in total. The molecule has 792 valence electrons. The molecule has 0 radical (unpaired) electrons. The van der Waals surface area contributed by atoms with E-state index in [1.807, 2.05) is 0 Å². The summed E-state index contributed by atoms with van der Waals surface area (Å²) in [5.74, 6) is -57.0. The minimum atomic E-state index is -3.75. The van der Waals surface area contributed by atoms with E-state index in [0.717, 1.165) is 16.1 Å². The average molecular weight is 2090 g/mol. The predicted molar refractivity (Wildman–Crippen MR) is 539 cm³/mol. The lowest BCUT2D eigenvalue weighted by atomic mass is 9.89. The van der Waals surface area contributed by atoms with Gasteiger partial charge in [0.2, 0.25) is 0 Å². The van der Waals surface area contributed by atoms with E-state index >= 15 is 0 Å². The summed E-state index contributed by atoms with van der Waals surface area (Å²) < 4.78 is 734. The van der Waals surface area contributed by atoms with E-state index in [-0.39, 0.29) is 70.1 Å². The van der Waals surface area contributed by atoms with Crippen LogP contribution in [-0.4, -0.2) is 199 Å². The van der Waals surface area contributed by atoms with Gasteiger partial charge in [-0.2, -0.15) is 0 Å². The van der Waals surface area contributed by atoms with Crippen LogP contribution in [0.4, 0.5) is 0 Å². The number of ether oxygens (including phenoxy) is 9. The quantitative estimate of drug-likeness (QED) is 0.0341. The number of carbonyl (C=O) groups excluding carboxylic acids is 9. The number of nitrogens with zero attached hydrogens (tertiary/aromatic N) is 18. The average Bonchev–Trinajstić information content (AvgIpc) is 1.51. The standard InChI is InChI=1S/9C12H18N2O2/c9*1-4-11-9(7-16-12(11)15)5-10-6-13-8(2)14(10)3/h9*6,9,11H,4-5,7H2,1-3H3/t9*9-,11-/m000000000/s1/i1D3,3D3,4D2,5D2,6D,9D,11D;1D3,4D2,5D2,6D,9D,11D;1D3,4D2,5D2,6D,7D2,11D;1D3,3D3,5D2,6D,9D,11D;1D3,5D2,6D,9D,11D;1D3,5D2,6D,7D2,11D;1D3,3D3,5D2,6D,9D;1D3,5D2,6D,9D;1D3,5D2,6D,7D2. The van der Waals surface area contributed by atoms with Crippen molar-refractivity contribution in [2.75, 3.05) is 59.3 Å². The SMILES string of the molecule is [2H]c1nc(C)n(C([2H])([2H])[2H])c1C([2H])([2H])[C@@]1([2H])COC(=O)[C@@]1([2H])C([2H])([2H])C([2H])([2H])[2H].[2H]c1nc(C)n(C([2H])([2H])[2H])c1C([2H])([2H])[C@@]1([2H])COC(=O)[C@@]1([2H])CC([2H])([2H])[2H].[2H]c1nc(C)n(C([2H])([2H])[2H])c1C([2H])([2H])[C@@]1([2H])COC(=O)[C@H]1CC([2H])([2H])[2H].[2H]c1nc(C)n(C)c1C([2H])([2H])[C@@H]1[C@H](CC([2H])([2H])[2H])C(=O)OC1([2H])[2H].[2H]c1nc(C)n(C)c1C([2H])([2H])[C@@]1([2H])COC(=O)[C@@]1([2H])C([2H])([2H])C([2H])([2H])[2H].[2H]c1nc(C)n(C)c1C([2H])([2H])[C@@]1([2H])COC(=O)[C@@]1([2H])CC([2H])([2H])[2H].[2H]c1nc(C)n(C)c1C([2H])([2H])[C@@]1([2H])COC(=O)[C@H]1CC([2H])([2H])[2H].[2H]c1nc(C)n(C)c1C([2H])([2H])[C@H]1C([2H])([2H])OC(=O)[C@@]1([2H])C([2H])([2H])C([2H])([2H])[2H].[2H]c1nc(C)n(C)c1C([2H])([2H])[C@H]1C([2H])([2H])OC(=O)[C@@]1([2H])CC([2H])([2H])[2H]. The second kappa shape index (κ2) is 53.3. The molecule has 9 fully saturated rings. The van der Waals surface area contributed by atoms with Crippen LogP contribution in [0.25, 0.3) is 0 Å². The third-order valence-electron chi connectivity index (χ3n) is 21.9. The first-order valence-corrected chi connectivity index (χ1v) is 42.5. The molecule has 9 aromatic rings. The maximum absolute atomic E-state index is 12.3. The van der Waals surface area contributed by atoms with E-state index in [1.54, 1.807) is 20.8 Å². The molecule has 0 spiro atoms. The number of hydrogen-bond donors (Lipinski definition) is 0. The van der Waals surface area contributed by atoms with Crippen molar-refractivity contribution in [2.45, 2.75) is 239 Å². The molecule has 9 saturated heterocycles. The smallest absolute Gasteiger partial charge is 0.309 e. The minimum Gasteiger partial charge on any atom is -0.465 e. The van der Waals surface area contributed by atoms with Crippen LogP contribution >= 0.6 is 0 Å². The monoisotopic (exact) mass is 2090 g/mol. The maximum Gasteiger partial charge on any atom is 0.309 e. The van der Waals surface area contributed by atoms with Crippen molar-refractivity contribution in [2.24, 2.45) is 169 Å². The Balaban J connectivity index is 0.000000255. The first-order chi connectivity index (χ1) is 102. The molecule has 0 aliphatic carbocycles. The Bertz CT molecular complexity index is 10100. The highest BCUT2D eigenvalue weighted by Crippen LogP contribution is 2.37. The summed E-state index contributed by atoms with van der Waals surface area (Å²) >= 11 is 0. The highest BCUT2D eigenvalue weighted by Gasteiger charge is 2.44. The van der Waals surface area contributed by atoms with Crippen molar-refractivity contribution in [3.8, 4) is 0 Å². The molecule has 18 atom stereocenters. The van der Waals surface area contributed by atoms with E-state index in [2.05, 4.69) is 73.3 Å². The van der Waals surface area contributed by atoms with Gasteiger partial charge in [0.25, 0.3) is 0 Å². The van der Waals surface area contributed by atoms with Crippen LogP contribution in [-0.2, 0) is 206 Å². The lowest BCUT2D eigenvalue weighted by molar-refractivity contribution is -0.142. The predicted octanol–water partition coefficient (Wildman–Crippen LogP) is 13.2. The fourth-order valence-corrected chi connectivity index (χ4v) is 12.5. The van der Waals surface area contributed by atoms with Crippen LogP contribution in [0.5, 0.6) is 0 Å². The molecule has 0 bridgehead atoms. The number of rotatable bonds is 27. The Morgan fingerprint density at radius 1 is 0.257 bits per heavy atom. The highest BCUT2D eigenvalue weighted by molar-refractivity contribution is 5.78. The largest absolute Gasteiger partial charge is 0.465 e. The number of hydrogen-bond acceptors (Lipinski definition) is 27. The summed E-state index contributed by atoms with van der Waals surface area (Å²) in [6.45, 7) is -37.0. The van der Waals surface area contributed by atoms with E-state index in [0.29, 0.717) is 31.2 Å². The highest BCUT2D eigenvalue weighted by atomic mass is 16.6. The van der Waals surface area contributed by atoms with Crippen molar-refractivity contribution < 1.29 is 205 Å². The molecule has 9 aliphatic rings. The van der Waals surface area contributed by atoms with Crippen molar-refractivity contribution in [1.29, 1.82) is 0 Å². The van der Waals surface area contributed by atoms with Gasteiger partial charge in [0.1, 0.15) is 52.4 Å². The number of esters is 9. The van der Waals surface area contributed by atoms with Crippen LogP contribution in [0.2, 0.25) is 0 Å². The van der Waals surface area contributed by atoms with Gasteiger partial charge >= 0.3 is 53.7 Å². The van der Waals surface area contributed by atoms with E-state index in [1.165, 1.54) is 95.2 Å². The molecule has 0 saturated carbocycles. The second-order valence-corrected chi connectivity index (χ2v) is 30.9. The molecule has 18 rings (SSSR count). The molecule has 36 heteroatoms. The number of carbonyl (C=O) groups is 9. The van der Waals surface area contributed by atoms with Crippen LogP contribution in [0.3, 0.4) is 0 Å². The van der Waals surface area contributed by atoms with Gasteiger partial charge in [0.15, 0.2) is 0 Å². The molecule has 9 aromatic heterocycles. The molecule has 9 aliphatic heterocycles. The Hall–Kier alpha value is -11.9. The fraction of sp³-hybridized carbons (Fsp3) is 0.667. The molecule has 18 heterocycles. The zero-order valence-electron chi connectivity index (χ0n) is 167. The van der Waals surface area contributed by atoms with Gasteiger partial charge in [-0.25, -0.2) is 44.9 Å². The van der Waals surface area contributed by atoms with Crippen molar-refractivity contribution in [1.82, 2.24) is 86.0 Å². The van der Waals surface area contributed by atoms with Crippen LogP contribution < -0.4 is 0 Å². The molecular formula is C108H162N18O18. The minimum absolute atomic E-state index is 0.157. The van der Waals surface area contributed by atoms with Gasteiger partial charge in [-0.1, -0.05) is 61.7 Å². The summed E-state index contributed by atoms with van der Waals surface area (Å²) in [4.78, 5) is 143. The van der Waals surface area contributed by atoms with Crippen molar-refractivity contribution >= 4 is 53.7 Å². The van der Waals surface area contributed by atoms with Gasteiger partial charge in [0, 0.05) is 322 Å². The van der Waals surface area contributed by atoms with Crippen molar-refractivity contribution in [3.63, 3.8) is 0 Å². The summed E-state index contributed by atoms with van der Waals surface area (Å²) in [7, 11) is 8.52. The summed E-state index contributed by atoms with van der Waals surface area (Å²) in [6.07, 6.45) is -47.5. The topological polar surface area (TPSA) is 397 Å². The van der Waals surface area contributed by atoms with E-state index in [9.17, 15) is 43.2 Å². The van der Waals surface area contributed by atoms with Gasteiger partial charge in [-0.05, 0) is 177 Å². The number of cyclic esters (lactones) is 9. The van der Waals surface area contributed by atoms with Crippen LogP contribution in [0.15, 0.2) is 55.6 Å². The molecule has 0 aromatic carbocycles. The molecule has 144 heavy (non-hydrogen) atoms. The van der Waals surface area contributed by atoms with E-state index < -0.39 is 489 Å². The first-order valence-electron chi connectivity index (χ1n) is 86.0. The molecular weight excluding hydrogens is 1840 g/mol.